The minimum atomic E-state index is -0.814. The summed E-state index contributed by atoms with van der Waals surface area (Å²) < 4.78 is 0. The highest BCUT2D eigenvalue weighted by Crippen LogP contribution is 2.32. The highest BCUT2D eigenvalue weighted by atomic mass is 16.4. The van der Waals surface area contributed by atoms with E-state index >= 15 is 0 Å². The Morgan fingerprint density at radius 3 is 1.39 bits per heavy atom. The van der Waals surface area contributed by atoms with Crippen LogP contribution >= 0.6 is 0 Å². The van der Waals surface area contributed by atoms with Gasteiger partial charge in [0, 0.05) is 6.61 Å². The van der Waals surface area contributed by atoms with Gasteiger partial charge in [0.05, 0.1) is 29.8 Å². The molecule has 0 aromatic carbocycles. The van der Waals surface area contributed by atoms with Gasteiger partial charge in [-0.05, 0) is 99.3 Å². The molecule has 0 aliphatic heterocycles. The standard InChI is InChI=1S/C31H50O7/c1-30(2,20-32)14-7-5-10-21-16-25(33)18-23(27(21)35)12-9-13-24-19-26(34)17-22(28(24)36)11-6-8-15-31(3,4)29(37)38/h16-19,25-28,32-36H,5-15,20H2,1-4H3,(H,37,38). The van der Waals surface area contributed by atoms with Gasteiger partial charge in [-0.3, -0.25) is 4.79 Å². The Labute approximate surface area is 228 Å². The number of hydrogen-bond donors (Lipinski definition) is 6. The molecule has 0 saturated heterocycles. The summed E-state index contributed by atoms with van der Waals surface area (Å²) in [7, 11) is 0. The lowest BCUT2D eigenvalue weighted by atomic mass is 9.83. The van der Waals surface area contributed by atoms with Crippen LogP contribution in [-0.4, -0.2) is 67.6 Å². The van der Waals surface area contributed by atoms with Crippen molar-refractivity contribution in [3.05, 3.63) is 46.6 Å². The molecular weight excluding hydrogens is 484 g/mol. The molecule has 4 unspecified atom stereocenters. The van der Waals surface area contributed by atoms with Crippen LogP contribution in [0.4, 0.5) is 0 Å². The summed E-state index contributed by atoms with van der Waals surface area (Å²) in [5.41, 5.74) is 2.26. The topological polar surface area (TPSA) is 138 Å². The Bertz CT molecular complexity index is 909. The molecule has 0 spiro atoms. The number of aliphatic carboxylic acids is 1. The van der Waals surface area contributed by atoms with Crippen molar-refractivity contribution >= 4 is 5.97 Å². The summed E-state index contributed by atoms with van der Waals surface area (Å²) in [6.07, 6.45) is 11.7. The Kier molecular flexibility index (Phi) is 12.4. The van der Waals surface area contributed by atoms with Gasteiger partial charge in [0.15, 0.2) is 0 Å². The van der Waals surface area contributed by atoms with E-state index in [1.54, 1.807) is 38.2 Å². The molecule has 0 radical (unpaired) electrons. The first-order valence-electron chi connectivity index (χ1n) is 14.1. The van der Waals surface area contributed by atoms with E-state index in [-0.39, 0.29) is 12.0 Å². The van der Waals surface area contributed by atoms with Crippen LogP contribution < -0.4 is 0 Å². The van der Waals surface area contributed by atoms with E-state index in [0.717, 1.165) is 54.4 Å². The molecular formula is C31H50O7. The molecule has 2 aliphatic rings. The van der Waals surface area contributed by atoms with E-state index in [0.29, 0.717) is 38.5 Å². The fourth-order valence-corrected chi connectivity index (χ4v) is 5.21. The van der Waals surface area contributed by atoms with Crippen molar-refractivity contribution < 1.29 is 35.4 Å². The maximum Gasteiger partial charge on any atom is 0.309 e. The van der Waals surface area contributed by atoms with Crippen LogP contribution in [0.2, 0.25) is 0 Å². The lowest BCUT2D eigenvalue weighted by molar-refractivity contribution is -0.147. The van der Waals surface area contributed by atoms with Crippen molar-refractivity contribution in [1.29, 1.82) is 0 Å². The summed E-state index contributed by atoms with van der Waals surface area (Å²) in [6, 6.07) is 0. The Hall–Kier alpha value is -1.77. The minimum absolute atomic E-state index is 0.109. The first-order chi connectivity index (χ1) is 17.8. The lowest BCUT2D eigenvalue weighted by Crippen LogP contribution is -2.24. The predicted molar refractivity (Wildman–Crippen MR) is 149 cm³/mol. The molecule has 6 N–H and O–H groups in total. The highest BCUT2D eigenvalue weighted by Gasteiger charge is 2.27. The average molecular weight is 535 g/mol. The molecule has 0 bridgehead atoms. The second-order valence-corrected chi connectivity index (χ2v) is 12.5. The molecule has 2 aliphatic carbocycles. The molecule has 7 heteroatoms. The van der Waals surface area contributed by atoms with E-state index in [2.05, 4.69) is 0 Å². The van der Waals surface area contributed by atoms with Crippen LogP contribution in [-0.2, 0) is 4.79 Å². The fourth-order valence-electron chi connectivity index (χ4n) is 5.21. The van der Waals surface area contributed by atoms with Gasteiger partial charge >= 0.3 is 5.97 Å². The molecule has 2 rings (SSSR count). The van der Waals surface area contributed by atoms with Crippen molar-refractivity contribution in [2.24, 2.45) is 10.8 Å². The van der Waals surface area contributed by atoms with Crippen LogP contribution in [0.15, 0.2) is 46.6 Å². The first kappa shape index (κ1) is 32.4. The summed E-state index contributed by atoms with van der Waals surface area (Å²) in [5, 5.41) is 61.1. The first-order valence-corrected chi connectivity index (χ1v) is 14.1. The smallest absolute Gasteiger partial charge is 0.309 e. The number of hydrogen-bond acceptors (Lipinski definition) is 6. The van der Waals surface area contributed by atoms with Crippen LogP contribution in [0.3, 0.4) is 0 Å². The number of aliphatic hydroxyl groups is 5. The molecule has 0 saturated carbocycles. The molecule has 0 fully saturated rings. The summed E-state index contributed by atoms with van der Waals surface area (Å²) in [5.74, 6) is -0.814. The van der Waals surface area contributed by atoms with Crippen molar-refractivity contribution in [1.82, 2.24) is 0 Å². The second kappa shape index (κ2) is 14.6. The number of unbranched alkanes of at least 4 members (excludes halogenated alkanes) is 2. The zero-order chi connectivity index (χ0) is 28.5. The van der Waals surface area contributed by atoms with Gasteiger partial charge in [-0.2, -0.15) is 0 Å². The zero-order valence-electron chi connectivity index (χ0n) is 23.7. The largest absolute Gasteiger partial charge is 0.481 e. The lowest BCUT2D eigenvalue weighted by Gasteiger charge is -2.27. The molecule has 0 aromatic rings. The molecule has 38 heavy (non-hydrogen) atoms. The number of carboxylic acid groups (broad SMARTS) is 1. The fraction of sp³-hybridized carbons (Fsp3) is 0.710. The minimum Gasteiger partial charge on any atom is -0.481 e. The van der Waals surface area contributed by atoms with Crippen molar-refractivity contribution in [3.63, 3.8) is 0 Å². The molecule has 4 atom stereocenters. The maximum atomic E-state index is 11.3. The molecule has 7 nitrogen and oxygen atoms in total. The van der Waals surface area contributed by atoms with Gasteiger partial charge in [-0.15, -0.1) is 0 Å². The van der Waals surface area contributed by atoms with E-state index in [1.807, 2.05) is 13.8 Å². The van der Waals surface area contributed by atoms with Gasteiger partial charge in [0.1, 0.15) is 0 Å². The van der Waals surface area contributed by atoms with Gasteiger partial charge < -0.3 is 30.6 Å². The summed E-state index contributed by atoms with van der Waals surface area (Å²) in [4.78, 5) is 11.3. The third kappa shape index (κ3) is 10.1. The van der Waals surface area contributed by atoms with E-state index < -0.39 is 35.8 Å². The Morgan fingerprint density at radius 2 is 1.03 bits per heavy atom. The number of carbonyl (C=O) groups is 1. The number of carboxylic acids is 1. The third-order valence-electron chi connectivity index (χ3n) is 7.97. The van der Waals surface area contributed by atoms with Crippen molar-refractivity contribution in [3.8, 4) is 0 Å². The van der Waals surface area contributed by atoms with Gasteiger partial charge in [-0.25, -0.2) is 0 Å². The van der Waals surface area contributed by atoms with Gasteiger partial charge in [-0.1, -0.05) is 51.0 Å². The highest BCUT2D eigenvalue weighted by molar-refractivity contribution is 5.73. The van der Waals surface area contributed by atoms with Crippen LogP contribution in [0.25, 0.3) is 0 Å². The predicted octanol–water partition coefficient (Wildman–Crippen LogP) is 4.58. The van der Waals surface area contributed by atoms with Crippen molar-refractivity contribution in [2.45, 2.75) is 123 Å². The van der Waals surface area contributed by atoms with E-state index in [1.165, 1.54) is 0 Å². The number of aliphatic hydroxyl groups excluding tert-OH is 5. The third-order valence-corrected chi connectivity index (χ3v) is 7.97. The molecule has 0 amide bonds. The molecule has 0 aromatic heterocycles. The molecule has 0 heterocycles. The monoisotopic (exact) mass is 534 g/mol. The summed E-state index contributed by atoms with van der Waals surface area (Å²) >= 11 is 0. The Balaban J connectivity index is 1.82. The normalized spacial score (nSPS) is 24.4. The van der Waals surface area contributed by atoms with E-state index in [9.17, 15) is 35.4 Å². The average Bonchev–Trinajstić information content (AvgIpc) is 2.84. The quantitative estimate of drug-likeness (QED) is 0.126. The number of rotatable bonds is 16. The van der Waals surface area contributed by atoms with Gasteiger partial charge in [0.2, 0.25) is 0 Å². The zero-order valence-corrected chi connectivity index (χ0v) is 23.7. The Morgan fingerprint density at radius 1 is 0.658 bits per heavy atom. The SMILES string of the molecule is CC(C)(CO)CCCCC1=CC(O)C=C(CCCC2=CC(O)C=C(CCCCC(C)(C)C(=O)O)C2O)C1O. The van der Waals surface area contributed by atoms with E-state index in [4.69, 9.17) is 0 Å². The molecule has 216 valence electrons. The van der Waals surface area contributed by atoms with Crippen LogP contribution in [0.1, 0.15) is 98.3 Å². The van der Waals surface area contributed by atoms with Crippen LogP contribution in [0, 0.1) is 10.8 Å². The summed E-state index contributed by atoms with van der Waals surface area (Å²) in [6.45, 7) is 7.64. The van der Waals surface area contributed by atoms with Crippen molar-refractivity contribution in [2.75, 3.05) is 6.61 Å². The van der Waals surface area contributed by atoms with Crippen LogP contribution in [0.5, 0.6) is 0 Å². The van der Waals surface area contributed by atoms with Gasteiger partial charge in [0.25, 0.3) is 0 Å². The maximum absolute atomic E-state index is 11.3. The second-order valence-electron chi connectivity index (χ2n) is 12.5.